The van der Waals surface area contributed by atoms with Crippen LogP contribution in [0.5, 0.6) is 5.75 Å². The standard InChI is InChI=1S/C27H24N2O8S/c1-15-7-11-21(12-8-15)38(34,35)37-24-16(2)27(31)36-25-22(14-18-5-4-6-20(13-18)29(32)33)17(3)28(19-9-10-19)26(30)23(24)25/h4-8,11-13,19H,9-10,14H2,1-3H3. The SMILES string of the molecule is Cc1ccc(S(=O)(=O)Oc2c(C)c(=O)oc3c(Cc4cccc([N+](=O)[O-])c4)c(C)n(C4CC4)c(=O)c23)cc1. The molecule has 0 amide bonds. The van der Waals surface area contributed by atoms with E-state index in [0.717, 1.165) is 18.4 Å². The second-order valence-electron chi connectivity index (χ2n) is 9.47. The number of hydrogen-bond donors (Lipinski definition) is 0. The van der Waals surface area contributed by atoms with E-state index in [4.69, 9.17) is 8.60 Å². The van der Waals surface area contributed by atoms with Gasteiger partial charge >= 0.3 is 15.7 Å². The maximum atomic E-state index is 13.8. The van der Waals surface area contributed by atoms with Crippen molar-refractivity contribution in [3.8, 4) is 5.75 Å². The van der Waals surface area contributed by atoms with Crippen LogP contribution in [0, 0.1) is 30.9 Å². The molecule has 2 aromatic carbocycles. The Morgan fingerprint density at radius 3 is 2.39 bits per heavy atom. The predicted octanol–water partition coefficient (Wildman–Crippen LogP) is 4.48. The van der Waals surface area contributed by atoms with Crippen LogP contribution in [0.25, 0.3) is 11.0 Å². The largest absolute Gasteiger partial charge is 0.422 e. The van der Waals surface area contributed by atoms with E-state index in [1.54, 1.807) is 35.8 Å². The minimum Gasteiger partial charge on any atom is -0.422 e. The maximum absolute atomic E-state index is 13.8. The zero-order valence-corrected chi connectivity index (χ0v) is 21.7. The lowest BCUT2D eigenvalue weighted by molar-refractivity contribution is -0.384. The van der Waals surface area contributed by atoms with E-state index in [0.29, 0.717) is 16.8 Å². The van der Waals surface area contributed by atoms with Crippen LogP contribution < -0.4 is 15.4 Å². The quantitative estimate of drug-likeness (QED) is 0.191. The molecule has 0 aliphatic heterocycles. The van der Waals surface area contributed by atoms with Crippen molar-refractivity contribution < 1.29 is 21.9 Å². The average molecular weight is 537 g/mol. The van der Waals surface area contributed by atoms with Crippen LogP contribution in [0.2, 0.25) is 0 Å². The fourth-order valence-electron chi connectivity index (χ4n) is 4.52. The molecule has 0 radical (unpaired) electrons. The number of nitro groups is 1. The molecule has 0 N–H and O–H groups in total. The third-order valence-corrected chi connectivity index (χ3v) is 7.95. The first-order valence-electron chi connectivity index (χ1n) is 11.9. The smallest absolute Gasteiger partial charge is 0.343 e. The number of nitro benzene ring substituents is 1. The Bertz CT molecular complexity index is 1830. The number of rotatable bonds is 7. The minimum atomic E-state index is -4.40. The summed E-state index contributed by atoms with van der Waals surface area (Å²) in [7, 11) is -4.40. The van der Waals surface area contributed by atoms with E-state index >= 15 is 0 Å². The predicted molar refractivity (Wildman–Crippen MR) is 139 cm³/mol. The summed E-state index contributed by atoms with van der Waals surface area (Å²) in [5.41, 5.74) is 0.655. The number of hydrogen-bond acceptors (Lipinski definition) is 8. The lowest BCUT2D eigenvalue weighted by atomic mass is 10.00. The van der Waals surface area contributed by atoms with Gasteiger partial charge in [-0.2, -0.15) is 8.42 Å². The normalized spacial score (nSPS) is 13.6. The Balaban J connectivity index is 1.77. The number of pyridine rings is 1. The van der Waals surface area contributed by atoms with Crippen molar-refractivity contribution in [1.82, 2.24) is 4.57 Å². The second-order valence-corrected chi connectivity index (χ2v) is 11.0. The highest BCUT2D eigenvalue weighted by molar-refractivity contribution is 7.87. The van der Waals surface area contributed by atoms with Gasteiger partial charge in [0.05, 0.1) is 10.5 Å². The molecule has 1 fully saturated rings. The van der Waals surface area contributed by atoms with Crippen LogP contribution >= 0.6 is 0 Å². The van der Waals surface area contributed by atoms with Crippen LogP contribution in [-0.4, -0.2) is 17.9 Å². The summed E-state index contributed by atoms with van der Waals surface area (Å²) in [5.74, 6) is -0.378. The Morgan fingerprint density at radius 2 is 1.76 bits per heavy atom. The highest BCUT2D eigenvalue weighted by atomic mass is 32.2. The van der Waals surface area contributed by atoms with Gasteiger partial charge in [0.1, 0.15) is 10.3 Å². The minimum absolute atomic E-state index is 0.0930. The van der Waals surface area contributed by atoms with Crippen molar-refractivity contribution in [3.63, 3.8) is 0 Å². The van der Waals surface area contributed by atoms with Gasteiger partial charge in [-0.15, -0.1) is 0 Å². The van der Waals surface area contributed by atoms with Gasteiger partial charge in [0.15, 0.2) is 11.3 Å². The molecule has 196 valence electrons. The molecule has 5 rings (SSSR count). The molecule has 1 aliphatic carbocycles. The molecule has 0 atom stereocenters. The Labute approximate surface area is 217 Å². The summed E-state index contributed by atoms with van der Waals surface area (Å²) in [4.78, 5) is 37.3. The van der Waals surface area contributed by atoms with Crippen molar-refractivity contribution in [2.75, 3.05) is 0 Å². The zero-order valence-electron chi connectivity index (χ0n) is 20.9. The molecular formula is C27H24N2O8S. The van der Waals surface area contributed by atoms with Gasteiger partial charge in [0.25, 0.3) is 11.2 Å². The fourth-order valence-corrected chi connectivity index (χ4v) is 5.52. The van der Waals surface area contributed by atoms with E-state index in [-0.39, 0.29) is 45.3 Å². The van der Waals surface area contributed by atoms with Gasteiger partial charge in [0, 0.05) is 35.9 Å². The molecule has 4 aromatic rings. The summed E-state index contributed by atoms with van der Waals surface area (Å²) >= 11 is 0. The van der Waals surface area contributed by atoms with Crippen LogP contribution in [0.3, 0.4) is 0 Å². The molecule has 1 saturated carbocycles. The first kappa shape index (κ1) is 25.4. The summed E-state index contributed by atoms with van der Waals surface area (Å²) in [6.45, 7) is 4.87. The first-order chi connectivity index (χ1) is 18.0. The van der Waals surface area contributed by atoms with Crippen molar-refractivity contribution in [2.24, 2.45) is 0 Å². The molecule has 38 heavy (non-hydrogen) atoms. The third-order valence-electron chi connectivity index (χ3n) is 6.72. The molecule has 11 heteroatoms. The van der Waals surface area contributed by atoms with Crippen molar-refractivity contribution in [3.05, 3.63) is 107 Å². The van der Waals surface area contributed by atoms with Crippen LogP contribution in [0.4, 0.5) is 5.69 Å². The molecule has 1 aliphatic rings. The number of aromatic nitrogens is 1. The lowest BCUT2D eigenvalue weighted by Gasteiger charge is -2.18. The first-order valence-corrected chi connectivity index (χ1v) is 13.3. The van der Waals surface area contributed by atoms with Crippen LogP contribution in [0.15, 0.2) is 67.4 Å². The Kier molecular flexibility index (Phi) is 6.18. The van der Waals surface area contributed by atoms with Gasteiger partial charge < -0.3 is 13.2 Å². The van der Waals surface area contributed by atoms with Gasteiger partial charge in [-0.1, -0.05) is 29.8 Å². The Hall–Kier alpha value is -4.25. The van der Waals surface area contributed by atoms with Crippen molar-refractivity contribution >= 4 is 26.8 Å². The van der Waals surface area contributed by atoms with E-state index in [2.05, 4.69) is 0 Å². The number of aryl methyl sites for hydroxylation is 1. The highest BCUT2D eigenvalue weighted by Gasteiger charge is 2.32. The van der Waals surface area contributed by atoms with E-state index in [1.165, 1.54) is 31.2 Å². The molecule has 2 aromatic heterocycles. The van der Waals surface area contributed by atoms with Gasteiger partial charge in [0.2, 0.25) is 0 Å². The zero-order chi connectivity index (χ0) is 27.4. The van der Waals surface area contributed by atoms with Crippen LogP contribution in [0.1, 0.15) is 46.8 Å². The van der Waals surface area contributed by atoms with Crippen molar-refractivity contribution in [1.29, 1.82) is 0 Å². The van der Waals surface area contributed by atoms with Gasteiger partial charge in [-0.05, 0) is 51.3 Å². The number of fused-ring (bicyclic) bond motifs is 1. The molecular weight excluding hydrogens is 512 g/mol. The summed E-state index contributed by atoms with van der Waals surface area (Å²) in [6.07, 6.45) is 1.62. The lowest BCUT2D eigenvalue weighted by Crippen LogP contribution is -2.26. The third kappa shape index (κ3) is 4.49. The topological polar surface area (TPSA) is 139 Å². The van der Waals surface area contributed by atoms with Crippen molar-refractivity contribution in [2.45, 2.75) is 51.0 Å². The molecule has 2 heterocycles. The molecule has 10 nitrogen and oxygen atoms in total. The van der Waals surface area contributed by atoms with E-state index < -0.39 is 26.2 Å². The Morgan fingerprint density at radius 1 is 1.08 bits per heavy atom. The highest BCUT2D eigenvalue weighted by Crippen LogP contribution is 2.38. The average Bonchev–Trinajstić information content (AvgIpc) is 3.70. The molecule has 0 saturated heterocycles. The molecule has 0 bridgehead atoms. The van der Waals surface area contributed by atoms with E-state index in [1.807, 2.05) is 6.92 Å². The van der Waals surface area contributed by atoms with Crippen LogP contribution in [-0.2, 0) is 16.5 Å². The fraction of sp³-hybridized carbons (Fsp3) is 0.259. The molecule has 0 unspecified atom stereocenters. The number of benzene rings is 2. The summed E-state index contributed by atoms with van der Waals surface area (Å²) in [5, 5.41) is 11.1. The second kappa shape index (κ2) is 9.25. The summed E-state index contributed by atoms with van der Waals surface area (Å²) < 4.78 is 39.0. The maximum Gasteiger partial charge on any atom is 0.343 e. The summed E-state index contributed by atoms with van der Waals surface area (Å²) in [6, 6.07) is 11.9. The van der Waals surface area contributed by atoms with Gasteiger partial charge in [-0.25, -0.2) is 4.79 Å². The number of nitrogens with zero attached hydrogens (tertiary/aromatic N) is 2. The monoisotopic (exact) mass is 536 g/mol. The van der Waals surface area contributed by atoms with Gasteiger partial charge in [-0.3, -0.25) is 14.9 Å². The number of non-ortho nitro benzene ring substituents is 1. The molecule has 0 spiro atoms. The van der Waals surface area contributed by atoms with E-state index in [9.17, 15) is 28.1 Å².